The van der Waals surface area contributed by atoms with Crippen molar-refractivity contribution in [2.45, 2.75) is 52.9 Å². The number of amides is 1. The predicted octanol–water partition coefficient (Wildman–Crippen LogP) is 2.29. The highest BCUT2D eigenvalue weighted by Gasteiger charge is 2.16. The number of carbonyl (C=O) groups is 1. The van der Waals surface area contributed by atoms with Gasteiger partial charge in [0.25, 0.3) is 0 Å². The van der Waals surface area contributed by atoms with Crippen molar-refractivity contribution in [2.75, 3.05) is 19.6 Å². The van der Waals surface area contributed by atoms with Crippen LogP contribution in [0.15, 0.2) is 0 Å². The van der Waals surface area contributed by atoms with Gasteiger partial charge in [-0.05, 0) is 46.2 Å². The topological polar surface area (TPSA) is 70.1 Å². The molecule has 0 rings (SSSR count). The smallest absolute Gasteiger partial charge is 0.231 e. The molecule has 0 aliphatic heterocycles. The fourth-order valence-electron chi connectivity index (χ4n) is 1.83. The Hall–Kier alpha value is -1.08. The van der Waals surface area contributed by atoms with Crippen LogP contribution in [0.1, 0.15) is 52.9 Å². The van der Waals surface area contributed by atoms with Crippen LogP contribution in [0.2, 0.25) is 0 Å². The first-order valence-corrected chi connectivity index (χ1v) is 6.83. The minimum atomic E-state index is -0.261. The largest absolute Gasteiger partial charge is 0.369 e. The average molecular weight is 253 g/mol. The Morgan fingerprint density at radius 3 is 2.39 bits per heavy atom. The minimum absolute atomic E-state index is 0.238. The molecule has 104 valence electrons. The average Bonchev–Trinajstić information content (AvgIpc) is 2.30. The van der Waals surface area contributed by atoms with Crippen molar-refractivity contribution < 1.29 is 4.79 Å². The summed E-state index contributed by atoms with van der Waals surface area (Å²) in [6.45, 7) is 8.24. The molecule has 0 saturated heterocycles. The number of hydrogen-bond donors (Lipinski definition) is 1. The van der Waals surface area contributed by atoms with Crippen LogP contribution in [0.5, 0.6) is 0 Å². The number of carbonyl (C=O) groups excluding carboxylic acids is 1. The van der Waals surface area contributed by atoms with Gasteiger partial charge in [0.1, 0.15) is 0 Å². The zero-order valence-electron chi connectivity index (χ0n) is 12.0. The van der Waals surface area contributed by atoms with Gasteiger partial charge in [0, 0.05) is 0 Å². The SMILES string of the molecule is CCCCN(CCCCC(C)(C)C#N)CC(N)=O. The van der Waals surface area contributed by atoms with E-state index in [1.165, 1.54) is 0 Å². The molecule has 0 spiro atoms. The highest BCUT2D eigenvalue weighted by molar-refractivity contribution is 5.75. The second kappa shape index (κ2) is 8.93. The summed E-state index contributed by atoms with van der Waals surface area (Å²) in [5, 5.41) is 8.92. The molecular weight excluding hydrogens is 226 g/mol. The van der Waals surface area contributed by atoms with E-state index in [9.17, 15) is 4.79 Å². The molecule has 0 heterocycles. The number of unbranched alkanes of at least 4 members (excludes halogenated alkanes) is 2. The monoisotopic (exact) mass is 253 g/mol. The lowest BCUT2D eigenvalue weighted by Crippen LogP contribution is -2.35. The Kier molecular flexibility index (Phi) is 8.40. The summed E-state index contributed by atoms with van der Waals surface area (Å²) < 4.78 is 0. The molecule has 0 atom stereocenters. The van der Waals surface area contributed by atoms with Gasteiger partial charge < -0.3 is 5.73 Å². The summed E-state index contributed by atoms with van der Waals surface area (Å²) in [6, 6.07) is 2.31. The number of nitrogens with two attached hydrogens (primary N) is 1. The van der Waals surface area contributed by atoms with E-state index in [4.69, 9.17) is 11.0 Å². The molecule has 4 nitrogen and oxygen atoms in total. The molecule has 0 bridgehead atoms. The van der Waals surface area contributed by atoms with Gasteiger partial charge in [-0.1, -0.05) is 19.8 Å². The van der Waals surface area contributed by atoms with Gasteiger partial charge in [-0.3, -0.25) is 9.69 Å². The fourth-order valence-corrected chi connectivity index (χ4v) is 1.83. The summed E-state index contributed by atoms with van der Waals surface area (Å²) in [7, 11) is 0. The molecule has 18 heavy (non-hydrogen) atoms. The Bertz CT molecular complexity index is 281. The molecular formula is C14H27N3O. The van der Waals surface area contributed by atoms with Crippen LogP contribution in [0, 0.1) is 16.7 Å². The van der Waals surface area contributed by atoms with E-state index in [0.29, 0.717) is 6.54 Å². The summed E-state index contributed by atoms with van der Waals surface area (Å²) in [5.74, 6) is -0.261. The van der Waals surface area contributed by atoms with Crippen LogP contribution in [0.3, 0.4) is 0 Å². The maximum Gasteiger partial charge on any atom is 0.231 e. The molecule has 0 saturated carbocycles. The lowest BCUT2D eigenvalue weighted by atomic mass is 9.89. The van der Waals surface area contributed by atoms with Crippen LogP contribution < -0.4 is 5.73 Å². The van der Waals surface area contributed by atoms with E-state index in [1.54, 1.807) is 0 Å². The van der Waals surface area contributed by atoms with Crippen molar-refractivity contribution >= 4 is 5.91 Å². The van der Waals surface area contributed by atoms with Crippen LogP contribution in [0.25, 0.3) is 0 Å². The summed E-state index contributed by atoms with van der Waals surface area (Å²) in [5.41, 5.74) is 5.00. The van der Waals surface area contributed by atoms with Gasteiger partial charge in [0.05, 0.1) is 18.0 Å². The molecule has 0 fully saturated rings. The van der Waals surface area contributed by atoms with Gasteiger partial charge in [0.2, 0.25) is 5.91 Å². The van der Waals surface area contributed by atoms with Gasteiger partial charge in [-0.15, -0.1) is 0 Å². The number of nitriles is 1. The van der Waals surface area contributed by atoms with Gasteiger partial charge >= 0.3 is 0 Å². The number of primary amides is 1. The molecule has 0 aromatic heterocycles. The lowest BCUT2D eigenvalue weighted by molar-refractivity contribution is -0.119. The highest BCUT2D eigenvalue weighted by Crippen LogP contribution is 2.21. The Labute approximate surface area is 111 Å². The van der Waals surface area contributed by atoms with E-state index < -0.39 is 0 Å². The first kappa shape index (κ1) is 16.9. The highest BCUT2D eigenvalue weighted by atomic mass is 16.1. The van der Waals surface area contributed by atoms with E-state index in [0.717, 1.165) is 45.2 Å². The zero-order chi connectivity index (χ0) is 14.0. The van der Waals surface area contributed by atoms with Crippen molar-refractivity contribution in [2.24, 2.45) is 11.1 Å². The van der Waals surface area contributed by atoms with Gasteiger partial charge in [-0.25, -0.2) is 0 Å². The number of rotatable bonds is 10. The summed E-state index contributed by atoms with van der Waals surface area (Å²) in [4.78, 5) is 13.1. The fraction of sp³-hybridized carbons (Fsp3) is 0.857. The van der Waals surface area contributed by atoms with E-state index in [2.05, 4.69) is 17.9 Å². The molecule has 1 amide bonds. The Balaban J connectivity index is 3.89. The van der Waals surface area contributed by atoms with E-state index in [-0.39, 0.29) is 11.3 Å². The van der Waals surface area contributed by atoms with E-state index in [1.807, 2.05) is 13.8 Å². The standard InChI is InChI=1S/C14H27N3O/c1-4-5-9-17(11-13(16)18)10-7-6-8-14(2,3)12-15/h4-11H2,1-3H3,(H2,16,18). The maximum atomic E-state index is 10.9. The Morgan fingerprint density at radius 1 is 1.28 bits per heavy atom. The molecule has 0 radical (unpaired) electrons. The molecule has 0 aliphatic rings. The summed E-state index contributed by atoms with van der Waals surface area (Å²) in [6.07, 6.45) is 5.15. The summed E-state index contributed by atoms with van der Waals surface area (Å²) >= 11 is 0. The first-order chi connectivity index (χ1) is 8.41. The molecule has 0 aliphatic carbocycles. The Morgan fingerprint density at radius 2 is 1.89 bits per heavy atom. The third-order valence-electron chi connectivity index (χ3n) is 3.04. The zero-order valence-corrected chi connectivity index (χ0v) is 12.0. The van der Waals surface area contributed by atoms with Gasteiger partial charge in [0.15, 0.2) is 0 Å². The third kappa shape index (κ3) is 9.00. The normalized spacial score (nSPS) is 11.5. The third-order valence-corrected chi connectivity index (χ3v) is 3.04. The minimum Gasteiger partial charge on any atom is -0.369 e. The van der Waals surface area contributed by atoms with Crippen LogP contribution in [-0.4, -0.2) is 30.4 Å². The van der Waals surface area contributed by atoms with Crippen LogP contribution >= 0.6 is 0 Å². The predicted molar refractivity (Wildman–Crippen MR) is 73.8 cm³/mol. The second-order valence-corrected chi connectivity index (χ2v) is 5.55. The van der Waals surface area contributed by atoms with Crippen molar-refractivity contribution in [1.82, 2.24) is 4.90 Å². The first-order valence-electron chi connectivity index (χ1n) is 6.83. The molecule has 0 unspecified atom stereocenters. The van der Waals surface area contributed by atoms with Gasteiger partial charge in [-0.2, -0.15) is 5.26 Å². The van der Waals surface area contributed by atoms with Crippen molar-refractivity contribution in [3.05, 3.63) is 0 Å². The van der Waals surface area contributed by atoms with Crippen LogP contribution in [0.4, 0.5) is 0 Å². The molecule has 2 N–H and O–H groups in total. The molecule has 0 aromatic carbocycles. The second-order valence-electron chi connectivity index (χ2n) is 5.55. The molecule has 0 aromatic rings. The van der Waals surface area contributed by atoms with Crippen molar-refractivity contribution in [1.29, 1.82) is 5.26 Å². The van der Waals surface area contributed by atoms with E-state index >= 15 is 0 Å². The quantitative estimate of drug-likeness (QED) is 0.607. The van der Waals surface area contributed by atoms with Crippen molar-refractivity contribution in [3.63, 3.8) is 0 Å². The van der Waals surface area contributed by atoms with Crippen molar-refractivity contribution in [3.8, 4) is 6.07 Å². The lowest BCUT2D eigenvalue weighted by Gasteiger charge is -2.21. The maximum absolute atomic E-state index is 10.9. The number of nitrogens with zero attached hydrogens (tertiary/aromatic N) is 2. The number of hydrogen-bond acceptors (Lipinski definition) is 3. The van der Waals surface area contributed by atoms with Crippen LogP contribution in [-0.2, 0) is 4.79 Å². The molecule has 4 heteroatoms.